The Morgan fingerprint density at radius 1 is 1.50 bits per heavy atom. The Bertz CT molecular complexity index is 274. The standard InChI is InChI=1S/C11H18N2O/c1-9(2)10-4-5-12-11(8-10)13-6-7-14-3/h4-5,8-9H,6-7H2,1-3H3,(H,12,13). The van der Waals surface area contributed by atoms with Gasteiger partial charge in [-0.2, -0.15) is 0 Å². The Hall–Kier alpha value is -1.09. The van der Waals surface area contributed by atoms with Crippen LogP contribution in [-0.4, -0.2) is 25.2 Å². The van der Waals surface area contributed by atoms with Crippen LogP contribution in [0.1, 0.15) is 25.3 Å². The monoisotopic (exact) mass is 194 g/mol. The Morgan fingerprint density at radius 2 is 2.29 bits per heavy atom. The van der Waals surface area contributed by atoms with Crippen LogP contribution in [0.4, 0.5) is 5.82 Å². The summed E-state index contributed by atoms with van der Waals surface area (Å²) in [6.07, 6.45) is 1.84. The fraction of sp³-hybridized carbons (Fsp3) is 0.545. The van der Waals surface area contributed by atoms with Gasteiger partial charge in [-0.1, -0.05) is 13.8 Å². The lowest BCUT2D eigenvalue weighted by molar-refractivity contribution is 0.210. The third kappa shape index (κ3) is 3.34. The molecule has 0 fully saturated rings. The number of methoxy groups -OCH3 is 1. The van der Waals surface area contributed by atoms with E-state index in [1.54, 1.807) is 7.11 Å². The van der Waals surface area contributed by atoms with Gasteiger partial charge in [0, 0.05) is 19.9 Å². The summed E-state index contributed by atoms with van der Waals surface area (Å²) in [6, 6.07) is 4.13. The van der Waals surface area contributed by atoms with E-state index in [0.717, 1.165) is 12.4 Å². The number of nitrogens with one attached hydrogen (secondary N) is 1. The van der Waals surface area contributed by atoms with Gasteiger partial charge in [-0.25, -0.2) is 4.98 Å². The molecule has 1 N–H and O–H groups in total. The van der Waals surface area contributed by atoms with Gasteiger partial charge in [-0.05, 0) is 23.6 Å². The van der Waals surface area contributed by atoms with Crippen molar-refractivity contribution in [2.24, 2.45) is 0 Å². The molecule has 1 rings (SSSR count). The zero-order valence-corrected chi connectivity index (χ0v) is 9.08. The quantitative estimate of drug-likeness (QED) is 0.730. The maximum atomic E-state index is 4.95. The van der Waals surface area contributed by atoms with E-state index in [2.05, 4.69) is 30.2 Å². The van der Waals surface area contributed by atoms with E-state index < -0.39 is 0 Å². The van der Waals surface area contributed by atoms with E-state index in [1.807, 2.05) is 12.3 Å². The van der Waals surface area contributed by atoms with Crippen molar-refractivity contribution in [3.05, 3.63) is 23.9 Å². The predicted molar refractivity (Wildman–Crippen MR) is 58.7 cm³/mol. The van der Waals surface area contributed by atoms with Crippen molar-refractivity contribution in [2.75, 3.05) is 25.6 Å². The molecule has 0 saturated heterocycles. The van der Waals surface area contributed by atoms with E-state index >= 15 is 0 Å². The molecule has 0 bridgehead atoms. The number of pyridine rings is 1. The molecule has 0 radical (unpaired) electrons. The molecule has 14 heavy (non-hydrogen) atoms. The number of anilines is 1. The molecular formula is C11H18N2O. The molecule has 0 saturated carbocycles. The van der Waals surface area contributed by atoms with Gasteiger partial charge < -0.3 is 10.1 Å². The molecule has 0 aromatic carbocycles. The second-order valence-corrected chi connectivity index (χ2v) is 3.55. The molecule has 1 aromatic heterocycles. The highest BCUT2D eigenvalue weighted by molar-refractivity contribution is 5.38. The number of nitrogens with zero attached hydrogens (tertiary/aromatic N) is 1. The lowest BCUT2D eigenvalue weighted by atomic mass is 10.1. The Labute approximate surface area is 85.5 Å². The topological polar surface area (TPSA) is 34.1 Å². The number of aromatic nitrogens is 1. The largest absolute Gasteiger partial charge is 0.383 e. The average molecular weight is 194 g/mol. The van der Waals surface area contributed by atoms with Crippen LogP contribution in [0, 0.1) is 0 Å². The van der Waals surface area contributed by atoms with Gasteiger partial charge in [0.25, 0.3) is 0 Å². The van der Waals surface area contributed by atoms with E-state index in [4.69, 9.17) is 4.74 Å². The van der Waals surface area contributed by atoms with Crippen molar-refractivity contribution >= 4 is 5.82 Å². The van der Waals surface area contributed by atoms with Gasteiger partial charge in [-0.15, -0.1) is 0 Å². The highest BCUT2D eigenvalue weighted by Gasteiger charge is 2.00. The van der Waals surface area contributed by atoms with Gasteiger partial charge in [0.05, 0.1) is 6.61 Å². The van der Waals surface area contributed by atoms with E-state index in [1.165, 1.54) is 5.56 Å². The maximum absolute atomic E-state index is 4.95. The molecule has 0 spiro atoms. The second kappa shape index (κ2) is 5.60. The minimum Gasteiger partial charge on any atom is -0.383 e. The predicted octanol–water partition coefficient (Wildman–Crippen LogP) is 2.26. The summed E-state index contributed by atoms with van der Waals surface area (Å²) in [4.78, 5) is 4.23. The smallest absolute Gasteiger partial charge is 0.126 e. The van der Waals surface area contributed by atoms with Gasteiger partial charge >= 0.3 is 0 Å². The summed E-state index contributed by atoms with van der Waals surface area (Å²) in [5, 5.41) is 3.20. The number of ether oxygens (including phenoxy) is 1. The van der Waals surface area contributed by atoms with E-state index in [-0.39, 0.29) is 0 Å². The van der Waals surface area contributed by atoms with Crippen molar-refractivity contribution in [2.45, 2.75) is 19.8 Å². The van der Waals surface area contributed by atoms with Crippen LogP contribution in [0.3, 0.4) is 0 Å². The summed E-state index contributed by atoms with van der Waals surface area (Å²) in [5.41, 5.74) is 1.31. The fourth-order valence-corrected chi connectivity index (χ4v) is 1.18. The Kier molecular flexibility index (Phi) is 4.40. The molecule has 78 valence electrons. The van der Waals surface area contributed by atoms with E-state index in [0.29, 0.717) is 12.5 Å². The molecule has 0 aliphatic heterocycles. The van der Waals surface area contributed by atoms with E-state index in [9.17, 15) is 0 Å². The number of hydrogen-bond acceptors (Lipinski definition) is 3. The van der Waals surface area contributed by atoms with Crippen LogP contribution < -0.4 is 5.32 Å². The number of rotatable bonds is 5. The molecule has 0 atom stereocenters. The van der Waals surface area contributed by atoms with Crippen LogP contribution in [0.15, 0.2) is 18.3 Å². The molecule has 0 aliphatic rings. The summed E-state index contributed by atoms with van der Waals surface area (Å²) < 4.78 is 4.95. The van der Waals surface area contributed by atoms with Crippen molar-refractivity contribution in [1.29, 1.82) is 0 Å². The lowest BCUT2D eigenvalue weighted by Crippen LogP contribution is -2.08. The van der Waals surface area contributed by atoms with Gasteiger partial charge in [0.2, 0.25) is 0 Å². The van der Waals surface area contributed by atoms with Crippen LogP contribution >= 0.6 is 0 Å². The second-order valence-electron chi connectivity index (χ2n) is 3.55. The first kappa shape index (κ1) is 11.0. The van der Waals surface area contributed by atoms with Crippen LogP contribution in [-0.2, 0) is 4.74 Å². The van der Waals surface area contributed by atoms with Gasteiger partial charge in [-0.3, -0.25) is 0 Å². The minimum atomic E-state index is 0.543. The molecular weight excluding hydrogens is 176 g/mol. The first-order chi connectivity index (χ1) is 6.74. The summed E-state index contributed by atoms with van der Waals surface area (Å²) >= 11 is 0. The Morgan fingerprint density at radius 3 is 2.93 bits per heavy atom. The third-order valence-electron chi connectivity index (χ3n) is 2.06. The molecule has 3 heteroatoms. The molecule has 3 nitrogen and oxygen atoms in total. The fourth-order valence-electron chi connectivity index (χ4n) is 1.18. The normalized spacial score (nSPS) is 10.6. The molecule has 1 aromatic rings. The van der Waals surface area contributed by atoms with Crippen LogP contribution in [0.2, 0.25) is 0 Å². The third-order valence-corrected chi connectivity index (χ3v) is 2.06. The van der Waals surface area contributed by atoms with Crippen molar-refractivity contribution in [3.8, 4) is 0 Å². The lowest BCUT2D eigenvalue weighted by Gasteiger charge is -2.08. The summed E-state index contributed by atoms with van der Waals surface area (Å²) in [6.45, 7) is 5.85. The highest BCUT2D eigenvalue weighted by Crippen LogP contribution is 2.15. The zero-order chi connectivity index (χ0) is 10.4. The number of hydrogen-bond donors (Lipinski definition) is 1. The van der Waals surface area contributed by atoms with Crippen molar-refractivity contribution < 1.29 is 4.74 Å². The van der Waals surface area contributed by atoms with Crippen LogP contribution in [0.5, 0.6) is 0 Å². The Balaban J connectivity index is 2.55. The van der Waals surface area contributed by atoms with Crippen molar-refractivity contribution in [1.82, 2.24) is 4.98 Å². The van der Waals surface area contributed by atoms with Gasteiger partial charge in [0.15, 0.2) is 0 Å². The maximum Gasteiger partial charge on any atom is 0.126 e. The molecule has 1 heterocycles. The molecule has 0 aliphatic carbocycles. The molecule has 0 amide bonds. The highest BCUT2D eigenvalue weighted by atomic mass is 16.5. The summed E-state index contributed by atoms with van der Waals surface area (Å²) in [7, 11) is 1.69. The van der Waals surface area contributed by atoms with Crippen LogP contribution in [0.25, 0.3) is 0 Å². The first-order valence-electron chi connectivity index (χ1n) is 4.93. The van der Waals surface area contributed by atoms with Crippen molar-refractivity contribution in [3.63, 3.8) is 0 Å². The first-order valence-corrected chi connectivity index (χ1v) is 4.93. The molecule has 0 unspecified atom stereocenters. The SMILES string of the molecule is COCCNc1cc(C(C)C)ccn1. The minimum absolute atomic E-state index is 0.543. The average Bonchev–Trinajstić information content (AvgIpc) is 2.19. The van der Waals surface area contributed by atoms with Gasteiger partial charge in [0.1, 0.15) is 5.82 Å². The zero-order valence-electron chi connectivity index (χ0n) is 9.08. The summed E-state index contributed by atoms with van der Waals surface area (Å²) in [5.74, 6) is 1.47.